The first-order chi connectivity index (χ1) is 10.5. The highest BCUT2D eigenvalue weighted by Gasteiger charge is 2.34. The normalized spacial score (nSPS) is 20.5. The number of aryl methyl sites for hydroxylation is 1. The summed E-state index contributed by atoms with van der Waals surface area (Å²) in [4.78, 5) is 25.6. The molecule has 0 bridgehead atoms. The SMILES string of the molecule is CCN1CC(C(=O)N[C@@H]2CCc3ccc(Br)cc32)=C(O)C1=O. The summed E-state index contributed by atoms with van der Waals surface area (Å²) in [7, 11) is 0. The van der Waals surface area contributed by atoms with Crippen LogP contribution in [0.4, 0.5) is 0 Å². The number of hydrogen-bond donors (Lipinski definition) is 2. The molecule has 2 N–H and O–H groups in total. The Balaban J connectivity index is 1.77. The van der Waals surface area contributed by atoms with Crippen LogP contribution < -0.4 is 5.32 Å². The Hall–Kier alpha value is -1.82. The van der Waals surface area contributed by atoms with Gasteiger partial charge in [-0.25, -0.2) is 0 Å². The Morgan fingerprint density at radius 2 is 2.27 bits per heavy atom. The van der Waals surface area contributed by atoms with Crippen molar-refractivity contribution in [2.75, 3.05) is 13.1 Å². The molecule has 116 valence electrons. The Morgan fingerprint density at radius 1 is 1.50 bits per heavy atom. The van der Waals surface area contributed by atoms with Gasteiger partial charge in [-0.3, -0.25) is 9.59 Å². The van der Waals surface area contributed by atoms with Gasteiger partial charge in [-0.15, -0.1) is 0 Å². The molecule has 0 radical (unpaired) electrons. The molecule has 2 aliphatic rings. The van der Waals surface area contributed by atoms with E-state index in [0.717, 1.165) is 22.9 Å². The van der Waals surface area contributed by atoms with Crippen molar-refractivity contribution in [3.8, 4) is 0 Å². The molecule has 0 aromatic heterocycles. The van der Waals surface area contributed by atoms with Gasteiger partial charge >= 0.3 is 0 Å². The van der Waals surface area contributed by atoms with E-state index in [1.54, 1.807) is 0 Å². The van der Waals surface area contributed by atoms with Crippen LogP contribution in [0.3, 0.4) is 0 Å². The average Bonchev–Trinajstić information content (AvgIpc) is 3.02. The second kappa shape index (κ2) is 5.76. The van der Waals surface area contributed by atoms with Crippen LogP contribution in [0.1, 0.15) is 30.5 Å². The summed E-state index contributed by atoms with van der Waals surface area (Å²) in [5.41, 5.74) is 2.49. The molecule has 1 aromatic carbocycles. The largest absolute Gasteiger partial charge is 0.503 e. The molecule has 6 heteroatoms. The van der Waals surface area contributed by atoms with Gasteiger partial charge in [-0.05, 0) is 43.0 Å². The van der Waals surface area contributed by atoms with Gasteiger partial charge in [0, 0.05) is 11.0 Å². The van der Waals surface area contributed by atoms with E-state index in [9.17, 15) is 14.7 Å². The number of nitrogens with one attached hydrogen (secondary N) is 1. The summed E-state index contributed by atoms with van der Waals surface area (Å²) in [6.45, 7) is 2.46. The van der Waals surface area contributed by atoms with Gasteiger partial charge < -0.3 is 15.3 Å². The van der Waals surface area contributed by atoms with E-state index in [4.69, 9.17) is 0 Å². The van der Waals surface area contributed by atoms with E-state index in [0.29, 0.717) is 6.54 Å². The van der Waals surface area contributed by atoms with Crippen LogP contribution in [-0.2, 0) is 16.0 Å². The highest BCUT2D eigenvalue weighted by atomic mass is 79.9. The van der Waals surface area contributed by atoms with E-state index in [2.05, 4.69) is 27.3 Å². The van der Waals surface area contributed by atoms with Gasteiger partial charge in [0.25, 0.3) is 11.8 Å². The molecule has 0 fully saturated rings. The number of carbonyl (C=O) groups excluding carboxylic acids is 2. The minimum Gasteiger partial charge on any atom is -0.503 e. The highest BCUT2D eigenvalue weighted by molar-refractivity contribution is 9.10. The summed E-state index contributed by atoms with van der Waals surface area (Å²) < 4.78 is 0.975. The number of likely N-dealkylation sites (N-methyl/N-ethyl adjacent to an activating group) is 1. The molecule has 22 heavy (non-hydrogen) atoms. The number of hydrogen-bond acceptors (Lipinski definition) is 3. The molecule has 3 rings (SSSR count). The topological polar surface area (TPSA) is 69.6 Å². The lowest BCUT2D eigenvalue weighted by Crippen LogP contribution is -2.31. The average molecular weight is 365 g/mol. The first kappa shape index (κ1) is 15.1. The molecule has 0 spiro atoms. The van der Waals surface area contributed by atoms with Crippen molar-refractivity contribution in [3.05, 3.63) is 45.1 Å². The molecule has 2 amide bonds. The second-order valence-electron chi connectivity index (χ2n) is 5.55. The second-order valence-corrected chi connectivity index (χ2v) is 6.47. The lowest BCUT2D eigenvalue weighted by Gasteiger charge is -2.16. The Morgan fingerprint density at radius 3 is 2.95 bits per heavy atom. The summed E-state index contributed by atoms with van der Waals surface area (Å²) in [6, 6.07) is 5.98. The lowest BCUT2D eigenvalue weighted by atomic mass is 10.1. The van der Waals surface area contributed by atoms with Crippen molar-refractivity contribution >= 4 is 27.7 Å². The maximum Gasteiger partial charge on any atom is 0.289 e. The zero-order valence-corrected chi connectivity index (χ0v) is 13.8. The monoisotopic (exact) mass is 364 g/mol. The van der Waals surface area contributed by atoms with Crippen LogP contribution in [0.25, 0.3) is 0 Å². The maximum absolute atomic E-state index is 12.4. The van der Waals surface area contributed by atoms with Gasteiger partial charge in [0.1, 0.15) is 0 Å². The quantitative estimate of drug-likeness (QED) is 0.863. The fourth-order valence-electron chi connectivity index (χ4n) is 3.02. The fraction of sp³-hybridized carbons (Fsp3) is 0.375. The van der Waals surface area contributed by atoms with Crippen molar-refractivity contribution in [1.29, 1.82) is 0 Å². The van der Waals surface area contributed by atoms with Crippen molar-refractivity contribution in [2.24, 2.45) is 0 Å². The van der Waals surface area contributed by atoms with E-state index >= 15 is 0 Å². The summed E-state index contributed by atoms with van der Waals surface area (Å²) in [6.07, 6.45) is 1.75. The van der Waals surface area contributed by atoms with Crippen LogP contribution in [0, 0.1) is 0 Å². The lowest BCUT2D eigenvalue weighted by molar-refractivity contribution is -0.127. The maximum atomic E-state index is 12.4. The fourth-order valence-corrected chi connectivity index (χ4v) is 3.40. The number of rotatable bonds is 3. The number of amides is 2. The van der Waals surface area contributed by atoms with Crippen LogP contribution in [-0.4, -0.2) is 34.9 Å². The van der Waals surface area contributed by atoms with Crippen molar-refractivity contribution in [1.82, 2.24) is 10.2 Å². The predicted octanol–water partition coefficient (Wildman–Crippen LogP) is 2.23. The first-order valence-electron chi connectivity index (χ1n) is 7.31. The molecule has 1 atom stereocenters. The number of aliphatic hydroxyl groups excluding tert-OH is 1. The zero-order valence-electron chi connectivity index (χ0n) is 12.2. The molecule has 5 nitrogen and oxygen atoms in total. The van der Waals surface area contributed by atoms with Crippen molar-refractivity contribution in [2.45, 2.75) is 25.8 Å². The van der Waals surface area contributed by atoms with Gasteiger partial charge in [-0.2, -0.15) is 0 Å². The smallest absolute Gasteiger partial charge is 0.289 e. The Labute approximate surface area is 137 Å². The summed E-state index contributed by atoms with van der Waals surface area (Å²) >= 11 is 3.45. The molecule has 1 heterocycles. The number of nitrogens with zero attached hydrogens (tertiary/aromatic N) is 1. The third kappa shape index (κ3) is 2.52. The van der Waals surface area contributed by atoms with Gasteiger partial charge in [0.05, 0.1) is 18.2 Å². The number of benzene rings is 1. The van der Waals surface area contributed by atoms with Crippen LogP contribution >= 0.6 is 15.9 Å². The Kier molecular flexibility index (Phi) is 3.95. The van der Waals surface area contributed by atoms with Gasteiger partial charge in [0.2, 0.25) is 0 Å². The van der Waals surface area contributed by atoms with Crippen LogP contribution in [0.2, 0.25) is 0 Å². The molecule has 0 saturated heterocycles. The minimum atomic E-state index is -0.470. The highest BCUT2D eigenvalue weighted by Crippen LogP contribution is 2.33. The zero-order chi connectivity index (χ0) is 15.9. The summed E-state index contributed by atoms with van der Waals surface area (Å²) in [5.74, 6) is -1.26. The van der Waals surface area contributed by atoms with Gasteiger partial charge in [-0.1, -0.05) is 22.0 Å². The summed E-state index contributed by atoms with van der Waals surface area (Å²) in [5, 5.41) is 12.8. The van der Waals surface area contributed by atoms with Crippen molar-refractivity contribution < 1.29 is 14.7 Å². The molecule has 1 aliphatic carbocycles. The molecule has 0 unspecified atom stereocenters. The van der Waals surface area contributed by atoms with Crippen LogP contribution in [0.5, 0.6) is 0 Å². The predicted molar refractivity (Wildman–Crippen MR) is 85.3 cm³/mol. The Bertz CT molecular complexity index is 684. The minimum absolute atomic E-state index is 0.0777. The number of halogens is 1. The molecule has 1 aromatic rings. The van der Waals surface area contributed by atoms with E-state index < -0.39 is 11.7 Å². The number of carbonyl (C=O) groups is 2. The molecular formula is C16H17BrN2O3. The first-order valence-corrected chi connectivity index (χ1v) is 8.11. The number of fused-ring (bicyclic) bond motifs is 1. The van der Waals surface area contributed by atoms with Crippen LogP contribution in [0.15, 0.2) is 34.0 Å². The third-order valence-electron chi connectivity index (χ3n) is 4.27. The van der Waals surface area contributed by atoms with E-state index in [-0.39, 0.29) is 24.1 Å². The van der Waals surface area contributed by atoms with E-state index in [1.807, 2.05) is 19.1 Å². The third-order valence-corrected chi connectivity index (χ3v) is 4.76. The molecule has 1 aliphatic heterocycles. The molecular weight excluding hydrogens is 348 g/mol. The number of aliphatic hydroxyl groups is 1. The standard InChI is InChI=1S/C16H17BrN2O3/c1-2-19-8-12(14(20)16(19)22)15(21)18-13-6-4-9-3-5-10(17)7-11(9)13/h3,5,7,13,20H,2,4,6,8H2,1H3,(H,18,21)/t13-/m1/s1. The molecule has 0 saturated carbocycles. The van der Waals surface area contributed by atoms with E-state index in [1.165, 1.54) is 10.5 Å². The van der Waals surface area contributed by atoms with Crippen molar-refractivity contribution in [3.63, 3.8) is 0 Å². The van der Waals surface area contributed by atoms with Gasteiger partial charge in [0.15, 0.2) is 5.76 Å².